The minimum atomic E-state index is 0.284. The van der Waals surface area contributed by atoms with Crippen molar-refractivity contribution in [2.24, 2.45) is 5.41 Å². The zero-order chi connectivity index (χ0) is 31.0. The Morgan fingerprint density at radius 1 is 0.381 bits per heavy atom. The molecule has 0 spiro atoms. The first-order chi connectivity index (χ1) is 20.5. The lowest BCUT2D eigenvalue weighted by Crippen LogP contribution is -2.06. The molecular formula is C42H76. The Hall–Kier alpha value is -1.30. The second kappa shape index (κ2) is 31.1. The van der Waals surface area contributed by atoms with Crippen molar-refractivity contribution in [3.63, 3.8) is 0 Å². The molecule has 0 bridgehead atoms. The van der Waals surface area contributed by atoms with Gasteiger partial charge in [0.2, 0.25) is 0 Å². The first kappa shape index (κ1) is 40.7. The normalized spacial score (nSPS) is 12.2. The van der Waals surface area contributed by atoms with Crippen LogP contribution in [0.4, 0.5) is 0 Å². The molecular weight excluding hydrogens is 504 g/mol. The third kappa shape index (κ3) is 27.5. The van der Waals surface area contributed by atoms with Crippen molar-refractivity contribution in [1.82, 2.24) is 0 Å². The van der Waals surface area contributed by atoms with Gasteiger partial charge in [0.15, 0.2) is 0 Å². The summed E-state index contributed by atoms with van der Waals surface area (Å²) >= 11 is 0. The molecule has 0 heterocycles. The number of hydrogen-bond donors (Lipinski definition) is 0. The van der Waals surface area contributed by atoms with E-state index in [0.717, 1.165) is 0 Å². The van der Waals surface area contributed by atoms with E-state index < -0.39 is 0 Å². The Morgan fingerprint density at radius 3 is 0.976 bits per heavy atom. The zero-order valence-electron chi connectivity index (χ0n) is 29.1. The summed E-state index contributed by atoms with van der Waals surface area (Å²) in [5.74, 6) is 0. The second-order valence-corrected chi connectivity index (χ2v) is 13.8. The highest BCUT2D eigenvalue weighted by Gasteiger charge is 2.12. The average molecular weight is 581 g/mol. The quantitative estimate of drug-likeness (QED) is 0.0524. The lowest BCUT2D eigenvalue weighted by molar-refractivity contribution is 0.411. The van der Waals surface area contributed by atoms with E-state index in [4.69, 9.17) is 0 Å². The summed E-state index contributed by atoms with van der Waals surface area (Å²) in [4.78, 5) is 0. The molecule has 0 radical (unpaired) electrons. The van der Waals surface area contributed by atoms with Gasteiger partial charge in [0.25, 0.3) is 0 Å². The van der Waals surface area contributed by atoms with Crippen LogP contribution in [0.2, 0.25) is 0 Å². The Balaban J connectivity index is 4.87. The van der Waals surface area contributed by atoms with Crippen molar-refractivity contribution >= 4 is 0 Å². The minimum absolute atomic E-state index is 0.284. The number of allylic oxidation sites excluding steroid dienone is 6. The number of rotatable bonds is 34. The second-order valence-electron chi connectivity index (χ2n) is 13.8. The summed E-state index contributed by atoms with van der Waals surface area (Å²) < 4.78 is 0. The average Bonchev–Trinajstić information content (AvgIpc) is 2.99. The van der Waals surface area contributed by atoms with E-state index in [1.807, 2.05) is 11.1 Å². The predicted octanol–water partition coefficient (Wildman–Crippen LogP) is 15.4. The van der Waals surface area contributed by atoms with Gasteiger partial charge in [0.05, 0.1) is 0 Å². The van der Waals surface area contributed by atoms with Crippen molar-refractivity contribution in [3.8, 4) is 0 Å². The first-order valence-electron chi connectivity index (χ1n) is 18.7. The summed E-state index contributed by atoms with van der Waals surface area (Å²) in [5.41, 5.74) is 4.01. The number of unbranched alkanes of at least 4 members (excludes halogenated alkanes) is 20. The standard InChI is InChI=1S/C42H76/c1-7-11-14-17-19-21-23-25-27-31-36-40(35-30-16-13-9-3)41(38-33-29-34-39-42(5,6)10-4)37-32-28-26-24-22-20-18-15-12-8-2/h7-10H,1-4,11-39H2,5-6H3. The summed E-state index contributed by atoms with van der Waals surface area (Å²) in [6.07, 6.45) is 47.7. The van der Waals surface area contributed by atoms with Gasteiger partial charge in [-0.15, -0.1) is 26.3 Å². The molecule has 0 rings (SSSR count). The summed E-state index contributed by atoms with van der Waals surface area (Å²) in [7, 11) is 0. The topological polar surface area (TPSA) is 0 Å². The van der Waals surface area contributed by atoms with Gasteiger partial charge in [-0.25, -0.2) is 0 Å². The fourth-order valence-electron chi connectivity index (χ4n) is 6.16. The molecule has 244 valence electrons. The monoisotopic (exact) mass is 581 g/mol. The maximum atomic E-state index is 4.05. The van der Waals surface area contributed by atoms with Crippen LogP contribution in [0.15, 0.2) is 61.8 Å². The minimum Gasteiger partial charge on any atom is -0.103 e. The SMILES string of the molecule is C=CCCCCCCCCCCC(CCCCC=C)=C(CCCCCCCCCCC=C)CCCCCC(C)(C)C=C. The van der Waals surface area contributed by atoms with Crippen molar-refractivity contribution in [1.29, 1.82) is 0 Å². The third-order valence-corrected chi connectivity index (χ3v) is 9.26. The Labute approximate surface area is 266 Å². The molecule has 0 aliphatic heterocycles. The molecule has 0 aromatic heterocycles. The molecule has 0 amide bonds. The molecule has 0 nitrogen and oxygen atoms in total. The van der Waals surface area contributed by atoms with E-state index >= 15 is 0 Å². The van der Waals surface area contributed by atoms with Crippen LogP contribution in [-0.4, -0.2) is 0 Å². The van der Waals surface area contributed by atoms with Crippen LogP contribution in [0, 0.1) is 5.41 Å². The molecule has 0 saturated carbocycles. The van der Waals surface area contributed by atoms with E-state index in [0.29, 0.717) is 0 Å². The van der Waals surface area contributed by atoms with Crippen molar-refractivity contribution in [2.75, 3.05) is 0 Å². The Bertz CT molecular complexity index is 660. The first-order valence-corrected chi connectivity index (χ1v) is 18.7. The van der Waals surface area contributed by atoms with Gasteiger partial charge in [-0.3, -0.25) is 0 Å². The Morgan fingerprint density at radius 2 is 0.643 bits per heavy atom. The van der Waals surface area contributed by atoms with Gasteiger partial charge in [-0.05, 0) is 102 Å². The van der Waals surface area contributed by atoms with Crippen molar-refractivity contribution in [3.05, 3.63) is 61.8 Å². The van der Waals surface area contributed by atoms with Gasteiger partial charge in [-0.1, -0.05) is 139 Å². The van der Waals surface area contributed by atoms with E-state index in [1.54, 1.807) is 0 Å². The maximum absolute atomic E-state index is 4.05. The summed E-state index contributed by atoms with van der Waals surface area (Å²) in [6.45, 7) is 20.4. The molecule has 0 unspecified atom stereocenters. The lowest BCUT2D eigenvalue weighted by Gasteiger charge is -2.20. The maximum Gasteiger partial charge on any atom is -0.0178 e. The van der Waals surface area contributed by atoms with Gasteiger partial charge in [0.1, 0.15) is 0 Å². The fourth-order valence-corrected chi connectivity index (χ4v) is 6.16. The van der Waals surface area contributed by atoms with Gasteiger partial charge >= 0.3 is 0 Å². The van der Waals surface area contributed by atoms with E-state index in [9.17, 15) is 0 Å². The fraction of sp³-hybridized carbons (Fsp3) is 0.762. The van der Waals surface area contributed by atoms with Gasteiger partial charge < -0.3 is 0 Å². The largest absolute Gasteiger partial charge is 0.103 e. The molecule has 0 heteroatoms. The van der Waals surface area contributed by atoms with Crippen LogP contribution in [0.3, 0.4) is 0 Å². The van der Waals surface area contributed by atoms with E-state index in [1.165, 1.54) is 186 Å². The van der Waals surface area contributed by atoms with Crippen molar-refractivity contribution in [2.45, 2.75) is 200 Å². The van der Waals surface area contributed by atoms with Crippen LogP contribution < -0.4 is 0 Å². The molecule has 0 atom stereocenters. The number of hydrogen-bond acceptors (Lipinski definition) is 0. The molecule has 0 saturated heterocycles. The lowest BCUT2D eigenvalue weighted by atomic mass is 9.86. The third-order valence-electron chi connectivity index (χ3n) is 9.26. The molecule has 0 aliphatic carbocycles. The predicted molar refractivity (Wildman–Crippen MR) is 195 cm³/mol. The molecule has 0 aromatic rings. The van der Waals surface area contributed by atoms with E-state index in [-0.39, 0.29) is 5.41 Å². The van der Waals surface area contributed by atoms with E-state index in [2.05, 4.69) is 64.5 Å². The van der Waals surface area contributed by atoms with Crippen LogP contribution in [0.1, 0.15) is 200 Å². The zero-order valence-corrected chi connectivity index (χ0v) is 29.1. The molecule has 0 N–H and O–H groups in total. The molecule has 0 aromatic carbocycles. The van der Waals surface area contributed by atoms with Crippen LogP contribution in [0.25, 0.3) is 0 Å². The van der Waals surface area contributed by atoms with Crippen molar-refractivity contribution < 1.29 is 0 Å². The van der Waals surface area contributed by atoms with Crippen LogP contribution in [-0.2, 0) is 0 Å². The highest BCUT2D eigenvalue weighted by molar-refractivity contribution is 5.15. The molecule has 42 heavy (non-hydrogen) atoms. The molecule has 0 fully saturated rings. The Kier molecular flexibility index (Phi) is 30.2. The van der Waals surface area contributed by atoms with Crippen LogP contribution >= 0.6 is 0 Å². The summed E-state index contributed by atoms with van der Waals surface area (Å²) in [6, 6.07) is 0. The highest BCUT2D eigenvalue weighted by Crippen LogP contribution is 2.30. The van der Waals surface area contributed by atoms with Gasteiger partial charge in [0, 0.05) is 0 Å². The highest BCUT2D eigenvalue weighted by atomic mass is 14.2. The molecule has 0 aliphatic rings. The summed E-state index contributed by atoms with van der Waals surface area (Å²) in [5, 5.41) is 0. The van der Waals surface area contributed by atoms with Gasteiger partial charge in [-0.2, -0.15) is 0 Å². The smallest absolute Gasteiger partial charge is 0.0178 e. The van der Waals surface area contributed by atoms with Crippen LogP contribution in [0.5, 0.6) is 0 Å².